The molecule has 0 aromatic heterocycles. The Kier molecular flexibility index (Phi) is 2.98. The zero-order valence-electron chi connectivity index (χ0n) is 4.82. The fourth-order valence-electron chi connectivity index (χ4n) is 0.153. The van der Waals surface area contributed by atoms with Crippen LogP contribution in [-0.2, 0) is 5.21 Å². The maximum Gasteiger partial charge on any atom is 0.0556 e. The second-order valence-electron chi connectivity index (χ2n) is 1.45. The molecule has 47 valence electrons. The highest BCUT2D eigenvalue weighted by atomic mass is 16.5. The smallest absolute Gasteiger partial charge is 0.0556 e. The van der Waals surface area contributed by atoms with Crippen LogP contribution in [0.4, 0.5) is 0 Å². The SMILES string of the molecule is C/C(N[O])=C(\C)N[O-]. The largest absolute Gasteiger partial charge is 0.761 e. The number of hydroxylamine groups is 2. The van der Waals surface area contributed by atoms with Crippen molar-refractivity contribution < 1.29 is 5.21 Å². The summed E-state index contributed by atoms with van der Waals surface area (Å²) in [6, 6.07) is 0. The van der Waals surface area contributed by atoms with Crippen molar-refractivity contribution in [2.24, 2.45) is 0 Å². The van der Waals surface area contributed by atoms with Crippen molar-refractivity contribution in [2.75, 3.05) is 0 Å². The average molecular weight is 116 g/mol. The number of rotatable bonds is 2. The summed E-state index contributed by atoms with van der Waals surface area (Å²) in [6.45, 7) is 3.04. The van der Waals surface area contributed by atoms with Crippen molar-refractivity contribution in [1.82, 2.24) is 11.0 Å². The van der Waals surface area contributed by atoms with Crippen LogP contribution in [0.25, 0.3) is 0 Å². The van der Waals surface area contributed by atoms with Crippen molar-refractivity contribution in [1.29, 1.82) is 0 Å². The topological polar surface area (TPSA) is 67.0 Å². The number of nitrogens with one attached hydrogen (secondary N) is 2. The van der Waals surface area contributed by atoms with Crippen LogP contribution in [0.15, 0.2) is 11.4 Å². The molecule has 0 spiro atoms. The third-order valence-electron chi connectivity index (χ3n) is 0.869. The van der Waals surface area contributed by atoms with Crippen LogP contribution >= 0.6 is 0 Å². The Morgan fingerprint density at radius 1 is 1.38 bits per heavy atom. The summed E-state index contributed by atoms with van der Waals surface area (Å²) in [5.41, 5.74) is 3.80. The van der Waals surface area contributed by atoms with E-state index in [4.69, 9.17) is 0 Å². The molecule has 0 aliphatic heterocycles. The van der Waals surface area contributed by atoms with Crippen molar-refractivity contribution >= 4 is 0 Å². The molecule has 2 N–H and O–H groups in total. The molecule has 0 aliphatic rings. The van der Waals surface area contributed by atoms with E-state index in [2.05, 4.69) is 0 Å². The summed E-state index contributed by atoms with van der Waals surface area (Å²) >= 11 is 0. The molecule has 4 nitrogen and oxygen atoms in total. The minimum atomic E-state index is 0.319. The summed E-state index contributed by atoms with van der Waals surface area (Å²) in [7, 11) is 0. The fourth-order valence-corrected chi connectivity index (χ4v) is 0.153. The predicted molar refractivity (Wildman–Crippen MR) is 28.7 cm³/mol. The lowest BCUT2D eigenvalue weighted by atomic mass is 10.4. The van der Waals surface area contributed by atoms with Crippen LogP contribution in [-0.4, -0.2) is 0 Å². The van der Waals surface area contributed by atoms with Crippen molar-refractivity contribution in [2.45, 2.75) is 13.8 Å². The maximum atomic E-state index is 9.74. The molecule has 0 aromatic carbocycles. The molecule has 0 fully saturated rings. The minimum Gasteiger partial charge on any atom is -0.761 e. The number of hydrogen-bond donors (Lipinski definition) is 2. The van der Waals surface area contributed by atoms with Crippen LogP contribution in [0.5, 0.6) is 0 Å². The zero-order chi connectivity index (χ0) is 6.57. The molecule has 0 amide bonds. The zero-order valence-corrected chi connectivity index (χ0v) is 4.82. The van der Waals surface area contributed by atoms with Gasteiger partial charge in [0.2, 0.25) is 0 Å². The Morgan fingerprint density at radius 3 is 2.00 bits per heavy atom. The Morgan fingerprint density at radius 2 is 1.88 bits per heavy atom. The summed E-state index contributed by atoms with van der Waals surface area (Å²) in [6.07, 6.45) is 0. The van der Waals surface area contributed by atoms with Crippen LogP contribution in [0, 0.1) is 5.21 Å². The molecule has 0 aliphatic carbocycles. The van der Waals surface area contributed by atoms with Gasteiger partial charge in [-0.1, -0.05) is 5.21 Å². The van der Waals surface area contributed by atoms with Gasteiger partial charge in [-0.25, -0.2) is 5.48 Å². The lowest BCUT2D eigenvalue weighted by Crippen LogP contribution is -2.10. The Balaban J connectivity index is 3.83. The molecule has 0 bridgehead atoms. The van der Waals surface area contributed by atoms with Crippen LogP contribution in [0.3, 0.4) is 0 Å². The minimum absolute atomic E-state index is 0.319. The van der Waals surface area contributed by atoms with Crippen molar-refractivity contribution in [3.05, 3.63) is 16.6 Å². The third kappa shape index (κ3) is 1.81. The van der Waals surface area contributed by atoms with Gasteiger partial charge in [0.25, 0.3) is 0 Å². The first kappa shape index (κ1) is 7.26. The molecular weight excluding hydrogens is 108 g/mol. The molecule has 0 atom stereocenters. The summed E-state index contributed by atoms with van der Waals surface area (Å²) < 4.78 is 0. The normalized spacial score (nSPS) is 12.5. The molecular formula is C4H8N2O2-. The van der Waals surface area contributed by atoms with E-state index in [0.29, 0.717) is 11.4 Å². The van der Waals surface area contributed by atoms with Gasteiger partial charge in [0.05, 0.1) is 5.70 Å². The maximum absolute atomic E-state index is 9.74. The third-order valence-corrected chi connectivity index (χ3v) is 0.869. The van der Waals surface area contributed by atoms with Gasteiger partial charge in [-0.3, -0.25) is 0 Å². The predicted octanol–water partition coefficient (Wildman–Crippen LogP) is 0.260. The highest BCUT2D eigenvalue weighted by Gasteiger charge is 1.86. The first-order valence-corrected chi connectivity index (χ1v) is 2.16. The lowest BCUT2D eigenvalue weighted by molar-refractivity contribution is 0.103. The molecule has 0 heterocycles. The summed E-state index contributed by atoms with van der Waals surface area (Å²) in [4.78, 5) is 0. The molecule has 8 heavy (non-hydrogen) atoms. The monoisotopic (exact) mass is 116 g/mol. The van der Waals surface area contributed by atoms with Gasteiger partial charge in [0.15, 0.2) is 0 Å². The quantitative estimate of drug-likeness (QED) is 0.508. The number of allylic oxidation sites excluding steroid dienone is 2. The molecule has 0 saturated carbocycles. The Hall–Kier alpha value is -0.740. The van der Waals surface area contributed by atoms with Crippen LogP contribution < -0.4 is 11.0 Å². The highest BCUT2D eigenvalue weighted by Crippen LogP contribution is 1.91. The average Bonchev–Trinajstić information content (AvgIpc) is 1.84. The number of hydrogen-bond acceptors (Lipinski definition) is 3. The summed E-state index contributed by atoms with van der Waals surface area (Å²) in [5, 5.41) is 19.5. The van der Waals surface area contributed by atoms with Gasteiger partial charge < -0.3 is 10.7 Å². The van der Waals surface area contributed by atoms with Gasteiger partial charge >= 0.3 is 0 Å². The van der Waals surface area contributed by atoms with Gasteiger partial charge in [0.1, 0.15) is 0 Å². The van der Waals surface area contributed by atoms with Gasteiger partial charge in [0, 0.05) is 5.70 Å². The van der Waals surface area contributed by atoms with Crippen LogP contribution in [0.2, 0.25) is 0 Å². The van der Waals surface area contributed by atoms with E-state index in [-0.39, 0.29) is 0 Å². The fraction of sp³-hybridized carbons (Fsp3) is 0.500. The van der Waals surface area contributed by atoms with Crippen molar-refractivity contribution in [3.8, 4) is 0 Å². The van der Waals surface area contributed by atoms with E-state index < -0.39 is 0 Å². The highest BCUT2D eigenvalue weighted by molar-refractivity contribution is 5.03. The van der Waals surface area contributed by atoms with E-state index in [1.807, 2.05) is 0 Å². The lowest BCUT2D eigenvalue weighted by Gasteiger charge is -2.10. The molecule has 0 saturated heterocycles. The van der Waals surface area contributed by atoms with Gasteiger partial charge in [-0.2, -0.15) is 0 Å². The summed E-state index contributed by atoms with van der Waals surface area (Å²) in [5.74, 6) is 0. The van der Waals surface area contributed by atoms with E-state index in [0.717, 1.165) is 0 Å². The van der Waals surface area contributed by atoms with Crippen molar-refractivity contribution in [3.63, 3.8) is 0 Å². The molecule has 0 unspecified atom stereocenters. The van der Waals surface area contributed by atoms with E-state index in [9.17, 15) is 10.4 Å². The standard InChI is InChI=1S/C4H8N2O2/c1-3(5-7)4(2)6-8/h5-6H,1-2H3/q-1/b4-3-. The molecule has 0 aromatic rings. The molecule has 0 rings (SSSR count). The first-order chi connectivity index (χ1) is 3.72. The Labute approximate surface area is 47.7 Å². The second kappa shape index (κ2) is 3.29. The Bertz CT molecular complexity index is 88.2. The van der Waals surface area contributed by atoms with Gasteiger partial charge in [-0.15, -0.1) is 0 Å². The first-order valence-electron chi connectivity index (χ1n) is 2.16. The molecule has 1 radical (unpaired) electrons. The molecule has 4 heteroatoms. The van der Waals surface area contributed by atoms with Gasteiger partial charge in [-0.05, 0) is 13.8 Å². The van der Waals surface area contributed by atoms with E-state index >= 15 is 0 Å². The van der Waals surface area contributed by atoms with E-state index in [1.54, 1.807) is 11.0 Å². The van der Waals surface area contributed by atoms with Crippen LogP contribution in [0.1, 0.15) is 13.8 Å². The second-order valence-corrected chi connectivity index (χ2v) is 1.45. The van der Waals surface area contributed by atoms with E-state index in [1.165, 1.54) is 13.8 Å².